The van der Waals surface area contributed by atoms with Crippen LogP contribution < -0.4 is 30.9 Å². The van der Waals surface area contributed by atoms with Crippen molar-refractivity contribution in [3.05, 3.63) is 148 Å². The zero-order chi connectivity index (χ0) is 68.2. The van der Waals surface area contributed by atoms with Crippen molar-refractivity contribution in [2.24, 2.45) is 5.41 Å². The van der Waals surface area contributed by atoms with Gasteiger partial charge >= 0.3 is 5.51 Å². The Kier molecular flexibility index (Phi) is 23.7. The number of hydrogen-bond donors (Lipinski definition) is 5. The third-order valence-corrected chi connectivity index (χ3v) is 22.7. The molecule has 3 atom stereocenters. The number of alkyl halides is 3. The zero-order valence-corrected chi connectivity index (χ0v) is 56.7. The number of amides is 6. The normalized spacial score (nSPS) is 19.4. The van der Waals surface area contributed by atoms with Crippen molar-refractivity contribution in [3.63, 3.8) is 0 Å². The molecule has 0 spiro atoms. The topological polar surface area (TPSA) is 253 Å². The number of sulfone groups is 1. The minimum absolute atomic E-state index is 0.0215. The number of nitrogens with one attached hydrogen (secondary N) is 5. The molecule has 1 aliphatic carbocycles. The van der Waals surface area contributed by atoms with E-state index in [2.05, 4.69) is 55.0 Å². The summed E-state index contributed by atoms with van der Waals surface area (Å²) in [7, 11) is -11.0. The number of halogens is 4. The number of carbonyl (C=O) groups excluding carboxylic acids is 6. The lowest BCUT2D eigenvalue weighted by molar-refractivity contribution is -0.136. The predicted molar refractivity (Wildman–Crippen MR) is 363 cm³/mol. The van der Waals surface area contributed by atoms with E-state index in [-0.39, 0.29) is 40.9 Å². The summed E-state index contributed by atoms with van der Waals surface area (Å²) in [6.07, 6.45) is 8.81. The van der Waals surface area contributed by atoms with Crippen LogP contribution in [0.2, 0.25) is 5.02 Å². The van der Waals surface area contributed by atoms with Gasteiger partial charge in [-0.05, 0) is 140 Å². The highest BCUT2D eigenvalue weighted by Gasteiger charge is 2.49. The molecule has 5 aliphatic rings. The Morgan fingerprint density at radius 3 is 2.20 bits per heavy atom. The maximum atomic E-state index is 14.3. The van der Waals surface area contributed by atoms with Gasteiger partial charge in [0.25, 0.3) is 37.6 Å². The first-order valence-electron chi connectivity index (χ1n) is 32.6. The summed E-state index contributed by atoms with van der Waals surface area (Å²) >= 11 is 7.76. The van der Waals surface area contributed by atoms with Crippen LogP contribution in [0.3, 0.4) is 0 Å². The number of morpholine rings is 1. The van der Waals surface area contributed by atoms with Crippen LogP contribution in [0, 0.1) is 5.41 Å². The Morgan fingerprint density at radius 1 is 0.781 bits per heavy atom. The van der Waals surface area contributed by atoms with Crippen LogP contribution in [0.15, 0.2) is 136 Å². The Bertz CT molecular complexity index is 3910. The molecule has 3 saturated heterocycles. The monoisotopic (exact) mass is 1400 g/mol. The van der Waals surface area contributed by atoms with Crippen LogP contribution in [0.4, 0.5) is 30.2 Å². The van der Waals surface area contributed by atoms with E-state index in [1.807, 2.05) is 47.2 Å². The maximum absolute atomic E-state index is 14.3. The van der Waals surface area contributed by atoms with Gasteiger partial charge in [-0.15, -0.1) is 11.8 Å². The van der Waals surface area contributed by atoms with Crippen molar-refractivity contribution in [3.8, 4) is 0 Å². The summed E-state index contributed by atoms with van der Waals surface area (Å²) < 4.78 is 104. The highest BCUT2D eigenvalue weighted by molar-refractivity contribution is 7.99. The lowest BCUT2D eigenvalue weighted by atomic mass is 9.71. The maximum Gasteiger partial charge on any atom is 0.501 e. The molecule has 5 aromatic carbocycles. The predicted octanol–water partition coefficient (Wildman–Crippen LogP) is 10.2. The Labute approximate surface area is 567 Å². The van der Waals surface area contributed by atoms with Gasteiger partial charge < -0.3 is 25.6 Å². The molecule has 5 aromatic rings. The summed E-state index contributed by atoms with van der Waals surface area (Å²) in [6.45, 7) is 9.66. The van der Waals surface area contributed by atoms with E-state index in [1.165, 1.54) is 35.0 Å². The molecule has 6 amide bonds. The number of sulfonamides is 1. The van der Waals surface area contributed by atoms with Gasteiger partial charge in [0.05, 0.1) is 34.9 Å². The fourth-order valence-electron chi connectivity index (χ4n) is 12.9. The number of benzene rings is 5. The van der Waals surface area contributed by atoms with Gasteiger partial charge in [0, 0.05) is 117 Å². The number of fused-ring (bicyclic) bond motifs is 1. The van der Waals surface area contributed by atoms with Gasteiger partial charge in [-0.2, -0.15) is 13.2 Å². The van der Waals surface area contributed by atoms with E-state index < -0.39 is 82.5 Å². The number of imide groups is 2. The molecule has 4 heterocycles. The van der Waals surface area contributed by atoms with Crippen molar-refractivity contribution >= 4 is 101 Å². The standard InChI is InChI=1S/C69H81ClF3N9O11S3/c1-68(46-75-61(83)16-9-4-2-3-5-10-32-74-58-15-11-14-56-63(58)67(88)82(66(56)87)59-27-28-62(84)77-65(59)86)31-29-55(47-17-21-50(70)22-18-47)49(43-68)44-80-34-36-81(37-35-80)52-23-19-48(20-24-52)64(85)78-96(91,92)54-25-26-57(60(42-54)95(89,90)69(71,72)73)76-51(30-33-79-38-40-93-41-39-79)45-94-53-12-7-6-8-13-53/h6-8,11-15,17-26,42,51,59,74,76H,2-5,9-10,16,27-41,43-46H2,1H3,(H,75,83)(H,78,85)(H,77,84,86)/t51-,59?,68?/m1/s1. The summed E-state index contributed by atoms with van der Waals surface area (Å²) in [5.41, 5.74) is -0.975. The van der Waals surface area contributed by atoms with Crippen LogP contribution in [-0.4, -0.2) is 169 Å². The largest absolute Gasteiger partial charge is 0.501 e. The smallest absolute Gasteiger partial charge is 0.384 e. The molecule has 10 rings (SSSR count). The third-order valence-electron chi connectivity index (χ3n) is 18.4. The summed E-state index contributed by atoms with van der Waals surface area (Å²) in [6, 6.07) is 29.3. The molecule has 0 radical (unpaired) electrons. The van der Waals surface area contributed by atoms with Gasteiger partial charge in [-0.1, -0.05) is 86.2 Å². The minimum Gasteiger partial charge on any atom is -0.384 e. The average Bonchev–Trinajstić information content (AvgIpc) is 1.49. The van der Waals surface area contributed by atoms with E-state index in [1.54, 1.807) is 30.3 Å². The molecule has 4 aliphatic heterocycles. The van der Waals surface area contributed by atoms with Crippen molar-refractivity contribution in [2.75, 3.05) is 99.9 Å². The first-order chi connectivity index (χ1) is 45.9. The lowest BCUT2D eigenvalue weighted by Crippen LogP contribution is -2.54. The van der Waals surface area contributed by atoms with Crippen LogP contribution >= 0.6 is 23.4 Å². The van der Waals surface area contributed by atoms with Gasteiger partial charge in [0.1, 0.15) is 10.9 Å². The number of rotatable bonds is 29. The fraction of sp³-hybridized carbons (Fsp3) is 0.449. The van der Waals surface area contributed by atoms with Crippen molar-refractivity contribution < 1.29 is 63.5 Å². The Morgan fingerprint density at radius 2 is 1.49 bits per heavy atom. The summed E-state index contributed by atoms with van der Waals surface area (Å²) in [5, 5.41) is 12.4. The number of unbranched alkanes of at least 4 members (excludes halogenated alkanes) is 5. The molecule has 3 fully saturated rings. The zero-order valence-electron chi connectivity index (χ0n) is 53.5. The van der Waals surface area contributed by atoms with Gasteiger partial charge in [-0.3, -0.25) is 48.8 Å². The Balaban J connectivity index is 0.681. The number of carbonyl (C=O) groups is 6. The van der Waals surface area contributed by atoms with Crippen LogP contribution in [0.5, 0.6) is 0 Å². The highest BCUT2D eigenvalue weighted by Crippen LogP contribution is 2.44. The summed E-state index contributed by atoms with van der Waals surface area (Å²) in [5.74, 6) is -2.87. The highest BCUT2D eigenvalue weighted by atomic mass is 35.5. The Hall–Kier alpha value is -7.33. The van der Waals surface area contributed by atoms with Crippen molar-refractivity contribution in [1.82, 2.24) is 30.1 Å². The number of piperazine rings is 1. The van der Waals surface area contributed by atoms with Crippen molar-refractivity contribution in [2.45, 2.75) is 123 Å². The molecule has 0 saturated carbocycles. The van der Waals surface area contributed by atoms with E-state index >= 15 is 0 Å². The average molecular weight is 1400 g/mol. The molecule has 27 heteroatoms. The number of hydrogen-bond acceptors (Lipinski definition) is 17. The summed E-state index contributed by atoms with van der Waals surface area (Å²) in [4.78, 5) is 84.1. The first kappa shape index (κ1) is 71.4. The minimum atomic E-state index is -6.10. The number of allylic oxidation sites excluding steroid dienone is 1. The molecular weight excluding hydrogens is 1320 g/mol. The van der Waals surface area contributed by atoms with E-state index in [0.717, 1.165) is 91.0 Å². The van der Waals surface area contributed by atoms with E-state index in [9.17, 15) is 58.8 Å². The number of anilines is 3. The molecule has 2 unspecified atom stereocenters. The molecule has 0 bridgehead atoms. The van der Waals surface area contributed by atoms with Gasteiger partial charge in [-0.25, -0.2) is 21.6 Å². The van der Waals surface area contributed by atoms with E-state index in [4.69, 9.17) is 16.3 Å². The molecule has 96 heavy (non-hydrogen) atoms. The number of ether oxygens (including phenoxy) is 1. The molecular formula is C69H81ClF3N9O11S3. The van der Waals surface area contributed by atoms with Gasteiger partial charge in [0.2, 0.25) is 17.7 Å². The van der Waals surface area contributed by atoms with Crippen LogP contribution in [0.25, 0.3) is 5.57 Å². The van der Waals surface area contributed by atoms with Crippen LogP contribution in [0.1, 0.15) is 127 Å². The number of nitrogens with zero attached hydrogens (tertiary/aromatic N) is 4. The molecule has 514 valence electrons. The number of thioether (sulfide) groups is 1. The first-order valence-corrected chi connectivity index (χ1v) is 36.9. The molecule has 0 aromatic heterocycles. The second-order valence-electron chi connectivity index (χ2n) is 25.4. The fourth-order valence-corrected chi connectivity index (χ4v) is 16.1. The molecule has 20 nitrogen and oxygen atoms in total. The second kappa shape index (κ2) is 31.9. The number of piperidine rings is 1. The van der Waals surface area contributed by atoms with Gasteiger partial charge in [0.15, 0.2) is 0 Å². The van der Waals surface area contributed by atoms with Crippen LogP contribution in [-0.2, 0) is 39.0 Å². The SMILES string of the molecule is CC1(CNC(=O)CCCCCCCCNc2cccc3c2C(=O)N(C2CCC(=O)NC2=O)C3=O)CCC(c2ccc(Cl)cc2)=C(CN2CCN(c3ccc(C(=O)NS(=O)(=O)c4ccc(N[C@H](CCN5CCOCC5)CSc5ccccc5)c(S(=O)(=O)C(F)(F)F)c4)cc3)CC2)C1. The quantitative estimate of drug-likeness (QED) is 0.0170. The lowest BCUT2D eigenvalue weighted by Gasteiger charge is -2.41. The van der Waals surface area contributed by atoms with E-state index in [0.29, 0.717) is 114 Å². The molecule has 5 N–H and O–H groups in total. The second-order valence-corrected chi connectivity index (χ2v) is 30.5. The van der Waals surface area contributed by atoms with Crippen molar-refractivity contribution in [1.29, 1.82) is 0 Å². The third kappa shape index (κ3) is 18.1.